The van der Waals surface area contributed by atoms with E-state index in [9.17, 15) is 4.79 Å². The van der Waals surface area contributed by atoms with Crippen LogP contribution >= 0.6 is 12.4 Å². The highest BCUT2D eigenvalue weighted by Gasteiger charge is 2.36. The Hall–Kier alpha value is -0.280. The molecule has 23 heavy (non-hydrogen) atoms. The molecule has 3 nitrogen and oxygen atoms in total. The Morgan fingerprint density at radius 2 is 1.91 bits per heavy atom. The number of esters is 1. The van der Waals surface area contributed by atoms with Crippen LogP contribution in [0.3, 0.4) is 0 Å². The molecule has 0 radical (unpaired) electrons. The van der Waals surface area contributed by atoms with Crippen LogP contribution in [0.25, 0.3) is 0 Å². The van der Waals surface area contributed by atoms with Crippen LogP contribution in [0.1, 0.15) is 79.1 Å². The minimum Gasteiger partial charge on any atom is -0.464 e. The first-order chi connectivity index (χ1) is 10.5. The van der Waals surface area contributed by atoms with Crippen LogP contribution in [0.2, 0.25) is 0 Å². The summed E-state index contributed by atoms with van der Waals surface area (Å²) in [5, 5.41) is 0. The van der Waals surface area contributed by atoms with Crippen LogP contribution in [-0.4, -0.2) is 35.6 Å². The fraction of sp³-hybridized carbons (Fsp3) is 0.947. The molecule has 1 saturated carbocycles. The molecule has 1 heterocycles. The maximum atomic E-state index is 12.6. The van der Waals surface area contributed by atoms with E-state index in [1.54, 1.807) is 0 Å². The van der Waals surface area contributed by atoms with E-state index < -0.39 is 0 Å². The lowest BCUT2D eigenvalue weighted by molar-refractivity contribution is -0.153. The van der Waals surface area contributed by atoms with E-state index in [4.69, 9.17) is 4.74 Å². The topological polar surface area (TPSA) is 29.5 Å². The van der Waals surface area contributed by atoms with Crippen LogP contribution in [0.4, 0.5) is 0 Å². The zero-order chi connectivity index (χ0) is 16.2. The molecule has 1 saturated heterocycles. The molecule has 2 aliphatic rings. The summed E-state index contributed by atoms with van der Waals surface area (Å²) in [6, 6.07) is 0.326. The Morgan fingerprint density at radius 1 is 1.26 bits per heavy atom. The van der Waals surface area contributed by atoms with Gasteiger partial charge in [0.2, 0.25) is 0 Å². The lowest BCUT2D eigenvalue weighted by Gasteiger charge is -2.36. The van der Waals surface area contributed by atoms with Gasteiger partial charge < -0.3 is 4.74 Å². The largest absolute Gasteiger partial charge is 0.464 e. The van der Waals surface area contributed by atoms with Crippen molar-refractivity contribution in [2.24, 2.45) is 11.8 Å². The van der Waals surface area contributed by atoms with Gasteiger partial charge in [-0.3, -0.25) is 9.69 Å². The minimum absolute atomic E-state index is 0. The first-order valence-electron chi connectivity index (χ1n) is 9.39. The van der Waals surface area contributed by atoms with Gasteiger partial charge in [0.05, 0.1) is 5.92 Å². The maximum Gasteiger partial charge on any atom is 0.309 e. The van der Waals surface area contributed by atoms with E-state index in [1.807, 2.05) is 0 Å². The van der Waals surface area contributed by atoms with Crippen molar-refractivity contribution >= 4 is 18.4 Å². The summed E-state index contributed by atoms with van der Waals surface area (Å²) in [5.41, 5.74) is 0.250. The zero-order valence-electron chi connectivity index (χ0n) is 15.5. The van der Waals surface area contributed by atoms with Crippen LogP contribution in [0.5, 0.6) is 0 Å². The van der Waals surface area contributed by atoms with Gasteiger partial charge in [0.15, 0.2) is 0 Å². The highest BCUT2D eigenvalue weighted by Crippen LogP contribution is 2.35. The molecule has 2 unspecified atom stereocenters. The fourth-order valence-electron chi connectivity index (χ4n) is 4.56. The standard InChI is InChI=1S/C19H35NO2.ClH/c1-5-9-17(16-10-6-7-11-16)18(21)22-14-15(2)20-13-8-12-19(20,3)4;/h15-17H,5-14H2,1-4H3;1H. The first kappa shape index (κ1) is 20.8. The third-order valence-corrected chi connectivity index (χ3v) is 5.84. The molecule has 0 amide bonds. The molecule has 4 heteroatoms. The SMILES string of the molecule is CCCC(C(=O)OCC(C)N1CCCC1(C)C)C1CCCC1.Cl. The van der Waals surface area contributed by atoms with Gasteiger partial charge in [-0.05, 0) is 65.3 Å². The number of nitrogens with zero attached hydrogens (tertiary/aromatic N) is 1. The van der Waals surface area contributed by atoms with Crippen molar-refractivity contribution in [3.8, 4) is 0 Å². The normalized spacial score (nSPS) is 24.2. The molecule has 2 atom stereocenters. The Bertz CT molecular complexity index is 366. The van der Waals surface area contributed by atoms with Crippen molar-refractivity contribution in [2.45, 2.75) is 90.6 Å². The molecule has 136 valence electrons. The average molecular weight is 346 g/mol. The summed E-state index contributed by atoms with van der Waals surface area (Å²) >= 11 is 0. The maximum absolute atomic E-state index is 12.6. The van der Waals surface area contributed by atoms with E-state index in [0.29, 0.717) is 18.6 Å². The monoisotopic (exact) mass is 345 g/mol. The molecule has 1 aliphatic carbocycles. The Morgan fingerprint density at radius 3 is 2.43 bits per heavy atom. The number of carbonyl (C=O) groups excluding carboxylic acids is 1. The summed E-state index contributed by atoms with van der Waals surface area (Å²) < 4.78 is 5.76. The zero-order valence-corrected chi connectivity index (χ0v) is 16.3. The quantitative estimate of drug-likeness (QED) is 0.619. The van der Waals surface area contributed by atoms with Crippen LogP contribution < -0.4 is 0 Å². The predicted octanol–water partition coefficient (Wildman–Crippen LogP) is 4.82. The average Bonchev–Trinajstić information content (AvgIpc) is 3.10. The molecular formula is C19H36ClNO2. The van der Waals surface area contributed by atoms with Crippen LogP contribution in [-0.2, 0) is 9.53 Å². The van der Waals surface area contributed by atoms with Gasteiger partial charge in [-0.25, -0.2) is 0 Å². The van der Waals surface area contributed by atoms with Gasteiger partial charge >= 0.3 is 5.97 Å². The Balaban J connectivity index is 0.00000264. The van der Waals surface area contributed by atoms with Gasteiger partial charge in [-0.2, -0.15) is 0 Å². The van der Waals surface area contributed by atoms with Crippen LogP contribution in [0, 0.1) is 11.8 Å². The molecule has 1 aliphatic heterocycles. The second-order valence-electron chi connectivity index (χ2n) is 8.03. The van der Waals surface area contributed by atoms with Crippen molar-refractivity contribution in [3.63, 3.8) is 0 Å². The van der Waals surface area contributed by atoms with E-state index in [-0.39, 0.29) is 29.8 Å². The van der Waals surface area contributed by atoms with Crippen molar-refractivity contribution in [3.05, 3.63) is 0 Å². The first-order valence-corrected chi connectivity index (χ1v) is 9.39. The van der Waals surface area contributed by atoms with Crippen LogP contribution in [0.15, 0.2) is 0 Å². The van der Waals surface area contributed by atoms with Crippen molar-refractivity contribution in [2.75, 3.05) is 13.2 Å². The third-order valence-electron chi connectivity index (χ3n) is 5.84. The molecule has 0 bridgehead atoms. The number of rotatable bonds is 7. The van der Waals surface area contributed by atoms with E-state index >= 15 is 0 Å². The number of carbonyl (C=O) groups is 1. The Kier molecular flexibility index (Phi) is 8.37. The molecule has 0 aromatic carbocycles. The number of likely N-dealkylation sites (tertiary alicyclic amines) is 1. The molecular weight excluding hydrogens is 310 g/mol. The van der Waals surface area contributed by atoms with Crippen molar-refractivity contribution < 1.29 is 9.53 Å². The molecule has 0 aromatic heterocycles. The molecule has 2 rings (SSSR count). The van der Waals surface area contributed by atoms with Gasteiger partial charge in [0, 0.05) is 11.6 Å². The lowest BCUT2D eigenvalue weighted by Crippen LogP contribution is -2.46. The summed E-state index contributed by atoms with van der Waals surface area (Å²) in [6.45, 7) is 10.7. The molecule has 0 spiro atoms. The molecule has 0 N–H and O–H groups in total. The summed E-state index contributed by atoms with van der Waals surface area (Å²) in [5.74, 6) is 0.787. The number of halogens is 1. The second-order valence-corrected chi connectivity index (χ2v) is 8.03. The van der Waals surface area contributed by atoms with Gasteiger partial charge in [0.25, 0.3) is 0 Å². The number of ether oxygens (including phenoxy) is 1. The molecule has 2 fully saturated rings. The summed E-state index contributed by atoms with van der Waals surface area (Å²) in [4.78, 5) is 15.1. The Labute approximate surface area is 148 Å². The predicted molar refractivity (Wildman–Crippen MR) is 98.0 cm³/mol. The van der Waals surface area contributed by atoms with Crippen molar-refractivity contribution in [1.82, 2.24) is 4.90 Å². The molecule has 0 aromatic rings. The van der Waals surface area contributed by atoms with Crippen molar-refractivity contribution in [1.29, 1.82) is 0 Å². The third kappa shape index (κ3) is 5.35. The highest BCUT2D eigenvalue weighted by molar-refractivity contribution is 5.85. The smallest absolute Gasteiger partial charge is 0.309 e. The number of hydrogen-bond acceptors (Lipinski definition) is 3. The highest BCUT2D eigenvalue weighted by atomic mass is 35.5. The van der Waals surface area contributed by atoms with Gasteiger partial charge in [0.1, 0.15) is 6.61 Å². The van der Waals surface area contributed by atoms with E-state index in [2.05, 4.69) is 32.6 Å². The summed E-state index contributed by atoms with van der Waals surface area (Å²) in [7, 11) is 0. The van der Waals surface area contributed by atoms with Gasteiger partial charge in [-0.1, -0.05) is 26.2 Å². The minimum atomic E-state index is 0. The second kappa shape index (κ2) is 9.27. The fourth-order valence-corrected chi connectivity index (χ4v) is 4.56. The van der Waals surface area contributed by atoms with Gasteiger partial charge in [-0.15, -0.1) is 12.4 Å². The number of hydrogen-bond donors (Lipinski definition) is 0. The lowest BCUT2D eigenvalue weighted by atomic mass is 9.87. The van der Waals surface area contributed by atoms with E-state index in [0.717, 1.165) is 19.4 Å². The van der Waals surface area contributed by atoms with E-state index in [1.165, 1.54) is 38.5 Å². The summed E-state index contributed by atoms with van der Waals surface area (Å²) in [6.07, 6.45) is 9.58.